The lowest BCUT2D eigenvalue weighted by Crippen LogP contribution is -2.02. The van der Waals surface area contributed by atoms with Gasteiger partial charge in [-0.25, -0.2) is 9.31 Å². The molecule has 0 aliphatic rings. The maximum absolute atomic E-state index is 11.5. The van der Waals surface area contributed by atoms with E-state index in [1.807, 2.05) is 42.5 Å². The average Bonchev–Trinajstić information content (AvgIpc) is 2.90. The molecule has 0 saturated heterocycles. The second-order valence-corrected chi connectivity index (χ2v) is 4.17. The summed E-state index contributed by atoms with van der Waals surface area (Å²) in [5, 5.41) is 4.47. The van der Waals surface area contributed by atoms with Crippen LogP contribution in [0.25, 0.3) is 16.8 Å². The van der Waals surface area contributed by atoms with Crippen molar-refractivity contribution in [2.45, 2.75) is 0 Å². The first-order chi connectivity index (χ1) is 9.28. The molecule has 0 fully saturated rings. The number of aromatic nitrogens is 2. The van der Waals surface area contributed by atoms with Crippen molar-refractivity contribution in [1.29, 1.82) is 0 Å². The van der Waals surface area contributed by atoms with E-state index in [0.29, 0.717) is 5.56 Å². The van der Waals surface area contributed by atoms with Crippen LogP contribution in [0, 0.1) is 0 Å². The van der Waals surface area contributed by atoms with Gasteiger partial charge in [0.2, 0.25) is 0 Å². The molecule has 1 aromatic carbocycles. The lowest BCUT2D eigenvalue weighted by Gasteiger charge is -1.99. The molecule has 3 aromatic rings. The van der Waals surface area contributed by atoms with E-state index in [9.17, 15) is 4.79 Å². The van der Waals surface area contributed by atoms with Crippen molar-refractivity contribution in [3.63, 3.8) is 0 Å². The third kappa shape index (κ3) is 2.08. The van der Waals surface area contributed by atoms with Crippen LogP contribution in [0.1, 0.15) is 10.4 Å². The number of carbonyl (C=O) groups excluding carboxylic acids is 1. The van der Waals surface area contributed by atoms with Crippen molar-refractivity contribution in [2.75, 3.05) is 7.11 Å². The van der Waals surface area contributed by atoms with E-state index < -0.39 is 0 Å². The first-order valence-corrected chi connectivity index (χ1v) is 5.91. The van der Waals surface area contributed by atoms with Gasteiger partial charge in [-0.05, 0) is 18.2 Å². The van der Waals surface area contributed by atoms with E-state index >= 15 is 0 Å². The number of esters is 1. The Balaban J connectivity index is 2.09. The molecule has 4 nitrogen and oxygen atoms in total. The molecule has 3 rings (SSSR count). The summed E-state index contributed by atoms with van der Waals surface area (Å²) in [7, 11) is 1.37. The Bertz CT molecular complexity index is 732. The molecule has 0 unspecified atom stereocenters. The van der Waals surface area contributed by atoms with Gasteiger partial charge in [0.1, 0.15) is 0 Å². The molecule has 0 atom stereocenters. The van der Waals surface area contributed by atoms with E-state index in [0.717, 1.165) is 16.8 Å². The van der Waals surface area contributed by atoms with Crippen LogP contribution in [-0.2, 0) is 4.74 Å². The van der Waals surface area contributed by atoms with Crippen molar-refractivity contribution >= 4 is 11.5 Å². The molecule has 0 N–H and O–H groups in total. The molecule has 94 valence electrons. The number of nitrogens with zero attached hydrogens (tertiary/aromatic N) is 2. The summed E-state index contributed by atoms with van der Waals surface area (Å²) < 4.78 is 6.39. The zero-order valence-corrected chi connectivity index (χ0v) is 10.4. The number of rotatable bonds is 2. The highest BCUT2D eigenvalue weighted by Gasteiger charge is 2.08. The van der Waals surface area contributed by atoms with E-state index in [-0.39, 0.29) is 5.97 Å². The smallest absolute Gasteiger partial charge is 0.339 e. The minimum atomic E-state index is -0.362. The minimum Gasteiger partial charge on any atom is -0.465 e. The van der Waals surface area contributed by atoms with Gasteiger partial charge in [0, 0.05) is 11.8 Å². The van der Waals surface area contributed by atoms with Crippen LogP contribution in [-0.4, -0.2) is 22.7 Å². The third-order valence-electron chi connectivity index (χ3n) is 2.95. The van der Waals surface area contributed by atoms with Crippen molar-refractivity contribution in [2.24, 2.45) is 0 Å². The number of benzene rings is 1. The van der Waals surface area contributed by atoms with Gasteiger partial charge in [0.15, 0.2) is 0 Å². The molecule has 0 aliphatic heterocycles. The highest BCUT2D eigenvalue weighted by Crippen LogP contribution is 2.19. The van der Waals surface area contributed by atoms with Crippen LogP contribution >= 0.6 is 0 Å². The molecule has 19 heavy (non-hydrogen) atoms. The zero-order valence-electron chi connectivity index (χ0n) is 10.4. The maximum Gasteiger partial charge on any atom is 0.339 e. The first kappa shape index (κ1) is 11.5. The van der Waals surface area contributed by atoms with E-state index in [2.05, 4.69) is 5.10 Å². The number of hydrogen-bond donors (Lipinski definition) is 0. The average molecular weight is 252 g/mol. The minimum absolute atomic E-state index is 0.362. The molecule has 0 spiro atoms. The summed E-state index contributed by atoms with van der Waals surface area (Å²) in [5.41, 5.74) is 3.35. The quantitative estimate of drug-likeness (QED) is 0.659. The van der Waals surface area contributed by atoms with Gasteiger partial charge < -0.3 is 4.74 Å². The van der Waals surface area contributed by atoms with Crippen LogP contribution in [0.2, 0.25) is 0 Å². The molecular formula is C15H12N2O2. The highest BCUT2D eigenvalue weighted by atomic mass is 16.5. The van der Waals surface area contributed by atoms with Crippen LogP contribution in [0.5, 0.6) is 0 Å². The topological polar surface area (TPSA) is 43.6 Å². The Hall–Kier alpha value is -2.62. The Morgan fingerprint density at radius 1 is 1.16 bits per heavy atom. The fourth-order valence-corrected chi connectivity index (χ4v) is 1.98. The van der Waals surface area contributed by atoms with Gasteiger partial charge in [-0.3, -0.25) is 0 Å². The molecule has 2 heterocycles. The Kier molecular flexibility index (Phi) is 2.76. The number of methoxy groups -OCH3 is 1. The SMILES string of the molecule is COC(=O)c1ccc2cc(-c3ccccc3)nn2c1. The number of carbonyl (C=O) groups is 1. The van der Waals surface area contributed by atoms with Gasteiger partial charge >= 0.3 is 5.97 Å². The second kappa shape index (κ2) is 4.57. The largest absolute Gasteiger partial charge is 0.465 e. The van der Waals surface area contributed by atoms with Crippen LogP contribution in [0.3, 0.4) is 0 Å². The summed E-state index contributed by atoms with van der Waals surface area (Å²) in [6, 6.07) is 15.5. The van der Waals surface area contributed by atoms with Crippen molar-refractivity contribution in [3.8, 4) is 11.3 Å². The van der Waals surface area contributed by atoms with Crippen LogP contribution < -0.4 is 0 Å². The van der Waals surface area contributed by atoms with Gasteiger partial charge in [0.05, 0.1) is 23.9 Å². The normalized spacial score (nSPS) is 10.6. The van der Waals surface area contributed by atoms with Gasteiger partial charge in [-0.15, -0.1) is 0 Å². The van der Waals surface area contributed by atoms with Crippen molar-refractivity contribution in [3.05, 3.63) is 60.3 Å². The number of fused-ring (bicyclic) bond motifs is 1. The van der Waals surface area contributed by atoms with Crippen LogP contribution in [0.15, 0.2) is 54.7 Å². The molecule has 0 saturated carbocycles. The van der Waals surface area contributed by atoms with Crippen molar-refractivity contribution < 1.29 is 9.53 Å². The Labute approximate surface area is 110 Å². The molecule has 0 radical (unpaired) electrons. The van der Waals surface area contributed by atoms with E-state index in [4.69, 9.17) is 4.74 Å². The summed E-state index contributed by atoms with van der Waals surface area (Å²) >= 11 is 0. The Morgan fingerprint density at radius 2 is 1.95 bits per heavy atom. The second-order valence-electron chi connectivity index (χ2n) is 4.17. The zero-order chi connectivity index (χ0) is 13.2. The third-order valence-corrected chi connectivity index (χ3v) is 2.95. The molecule has 2 aromatic heterocycles. The van der Waals surface area contributed by atoms with Gasteiger partial charge in [-0.2, -0.15) is 5.10 Å². The standard InChI is InChI=1S/C15H12N2O2/c1-19-15(18)12-7-8-13-9-14(16-17(13)10-12)11-5-3-2-4-6-11/h2-10H,1H3. The van der Waals surface area contributed by atoms with Gasteiger partial charge in [-0.1, -0.05) is 30.3 Å². The molecule has 0 aliphatic carbocycles. The fourth-order valence-electron chi connectivity index (χ4n) is 1.98. The van der Waals surface area contributed by atoms with E-state index in [1.165, 1.54) is 7.11 Å². The first-order valence-electron chi connectivity index (χ1n) is 5.91. The number of ether oxygens (including phenoxy) is 1. The predicted octanol–water partition coefficient (Wildman–Crippen LogP) is 2.79. The molecule has 4 heteroatoms. The predicted molar refractivity (Wildman–Crippen MR) is 72.0 cm³/mol. The lowest BCUT2D eigenvalue weighted by molar-refractivity contribution is 0.0600. The fraction of sp³-hybridized carbons (Fsp3) is 0.0667. The maximum atomic E-state index is 11.5. The van der Waals surface area contributed by atoms with Gasteiger partial charge in [0.25, 0.3) is 0 Å². The van der Waals surface area contributed by atoms with E-state index in [1.54, 1.807) is 16.8 Å². The number of pyridine rings is 1. The van der Waals surface area contributed by atoms with Crippen LogP contribution in [0.4, 0.5) is 0 Å². The highest BCUT2D eigenvalue weighted by molar-refractivity contribution is 5.89. The Morgan fingerprint density at radius 3 is 2.68 bits per heavy atom. The van der Waals surface area contributed by atoms with Crippen molar-refractivity contribution in [1.82, 2.24) is 9.61 Å². The number of hydrogen-bond acceptors (Lipinski definition) is 3. The lowest BCUT2D eigenvalue weighted by atomic mass is 10.1. The summed E-state index contributed by atoms with van der Waals surface area (Å²) in [4.78, 5) is 11.5. The monoisotopic (exact) mass is 252 g/mol. The summed E-state index contributed by atoms with van der Waals surface area (Å²) in [5.74, 6) is -0.362. The molecular weight excluding hydrogens is 240 g/mol. The summed E-state index contributed by atoms with van der Waals surface area (Å²) in [6.45, 7) is 0. The molecule has 0 bridgehead atoms. The summed E-state index contributed by atoms with van der Waals surface area (Å²) in [6.07, 6.45) is 1.67. The molecule has 0 amide bonds.